The zero-order valence-electron chi connectivity index (χ0n) is 9.07. The summed E-state index contributed by atoms with van der Waals surface area (Å²) in [5.74, 6) is 0. The number of aromatic nitrogens is 1. The summed E-state index contributed by atoms with van der Waals surface area (Å²) >= 11 is 0. The van der Waals surface area contributed by atoms with E-state index in [0.717, 1.165) is 0 Å². The van der Waals surface area contributed by atoms with Gasteiger partial charge in [0.05, 0.1) is 16.2 Å². The Hall–Kier alpha value is -3.12. The Morgan fingerprint density at radius 2 is 2.00 bits per heavy atom. The molecule has 0 saturated carbocycles. The van der Waals surface area contributed by atoms with Crippen molar-refractivity contribution < 1.29 is 4.92 Å². The van der Waals surface area contributed by atoms with Crippen molar-refractivity contribution in [3.63, 3.8) is 0 Å². The van der Waals surface area contributed by atoms with Gasteiger partial charge < -0.3 is 4.57 Å². The molecular weight excluding hydrogens is 232 g/mol. The zero-order valence-corrected chi connectivity index (χ0v) is 9.07. The van der Waals surface area contributed by atoms with Gasteiger partial charge in [-0.15, -0.1) is 0 Å². The van der Waals surface area contributed by atoms with Crippen molar-refractivity contribution in [2.75, 3.05) is 0 Å². The summed E-state index contributed by atoms with van der Waals surface area (Å²) in [6, 6.07) is 11.1. The molecule has 0 aliphatic rings. The molecule has 0 aliphatic carbocycles. The second-order valence-corrected chi connectivity index (χ2v) is 3.45. The maximum atomic E-state index is 10.6. The van der Waals surface area contributed by atoms with Gasteiger partial charge in [0, 0.05) is 18.3 Å². The van der Waals surface area contributed by atoms with Gasteiger partial charge in [0.2, 0.25) is 0 Å². The monoisotopic (exact) mass is 238 g/mol. The van der Waals surface area contributed by atoms with Crippen LogP contribution in [0.4, 0.5) is 5.69 Å². The summed E-state index contributed by atoms with van der Waals surface area (Å²) in [4.78, 5) is 10.1. The smallest absolute Gasteiger partial charge is 0.270 e. The maximum Gasteiger partial charge on any atom is 0.270 e. The van der Waals surface area contributed by atoms with E-state index in [1.54, 1.807) is 18.3 Å². The number of benzene rings is 1. The Morgan fingerprint density at radius 3 is 2.61 bits per heavy atom. The predicted octanol–water partition coefficient (Wildman–Crippen LogP) is 2.13. The third-order valence-electron chi connectivity index (χ3n) is 2.43. The molecule has 86 valence electrons. The fourth-order valence-corrected chi connectivity index (χ4v) is 1.62. The number of hydrogen-bond donors (Lipinski definition) is 0. The van der Waals surface area contributed by atoms with Crippen molar-refractivity contribution in [1.29, 1.82) is 10.5 Å². The average molecular weight is 238 g/mol. The van der Waals surface area contributed by atoms with Crippen molar-refractivity contribution in [2.24, 2.45) is 0 Å². The van der Waals surface area contributed by atoms with Crippen LogP contribution in [0.2, 0.25) is 0 Å². The summed E-state index contributed by atoms with van der Waals surface area (Å²) in [6.45, 7) is 0. The summed E-state index contributed by atoms with van der Waals surface area (Å²) in [5.41, 5.74) is 0.808. The van der Waals surface area contributed by atoms with Crippen LogP contribution in [0, 0.1) is 32.8 Å². The van der Waals surface area contributed by atoms with E-state index in [9.17, 15) is 10.1 Å². The molecule has 1 aromatic heterocycles. The van der Waals surface area contributed by atoms with Crippen molar-refractivity contribution in [2.45, 2.75) is 0 Å². The lowest BCUT2D eigenvalue weighted by atomic mass is 10.1. The van der Waals surface area contributed by atoms with E-state index < -0.39 is 4.92 Å². The van der Waals surface area contributed by atoms with Crippen LogP contribution in [0.1, 0.15) is 11.3 Å². The van der Waals surface area contributed by atoms with Crippen LogP contribution in [0.3, 0.4) is 0 Å². The minimum absolute atomic E-state index is 0.150. The van der Waals surface area contributed by atoms with Gasteiger partial charge in [-0.25, -0.2) is 0 Å². The second-order valence-electron chi connectivity index (χ2n) is 3.45. The van der Waals surface area contributed by atoms with Gasteiger partial charge in [-0.3, -0.25) is 10.1 Å². The highest BCUT2D eigenvalue weighted by atomic mass is 16.6. The van der Waals surface area contributed by atoms with E-state index in [2.05, 4.69) is 0 Å². The standard InChI is InChI=1S/C12H6N4O2/c13-7-9-6-10(16(17)18)3-4-12(9)15-5-1-2-11(15)8-14/h1-6H. The quantitative estimate of drug-likeness (QED) is 0.591. The van der Waals surface area contributed by atoms with Crippen LogP contribution >= 0.6 is 0 Å². The fraction of sp³-hybridized carbons (Fsp3) is 0. The summed E-state index contributed by atoms with van der Waals surface area (Å²) in [6.07, 6.45) is 1.63. The number of non-ortho nitro benzene ring substituents is 1. The minimum Gasteiger partial charge on any atom is -0.307 e. The van der Waals surface area contributed by atoms with Gasteiger partial charge in [0.1, 0.15) is 17.8 Å². The molecular formula is C12H6N4O2. The number of nitro groups is 1. The van der Waals surface area contributed by atoms with E-state index >= 15 is 0 Å². The van der Waals surface area contributed by atoms with Gasteiger partial charge in [-0.2, -0.15) is 10.5 Å². The van der Waals surface area contributed by atoms with Crippen molar-refractivity contribution in [1.82, 2.24) is 4.57 Å². The van der Waals surface area contributed by atoms with E-state index in [1.165, 1.54) is 22.8 Å². The summed E-state index contributed by atoms with van der Waals surface area (Å²) < 4.78 is 1.52. The van der Waals surface area contributed by atoms with E-state index in [0.29, 0.717) is 11.4 Å². The van der Waals surface area contributed by atoms with E-state index in [4.69, 9.17) is 10.5 Å². The third-order valence-corrected chi connectivity index (χ3v) is 2.43. The molecule has 1 heterocycles. The van der Waals surface area contributed by atoms with Crippen LogP contribution in [0.25, 0.3) is 5.69 Å². The Kier molecular flexibility index (Phi) is 2.78. The van der Waals surface area contributed by atoms with Crippen molar-refractivity contribution in [3.05, 3.63) is 57.9 Å². The number of nitriles is 2. The lowest BCUT2D eigenvalue weighted by Crippen LogP contribution is -1.99. The molecule has 0 N–H and O–H groups in total. The first-order valence-electron chi connectivity index (χ1n) is 4.93. The Morgan fingerprint density at radius 1 is 1.22 bits per heavy atom. The number of nitro benzene ring substituents is 1. The molecule has 0 fully saturated rings. The Labute approximate surface area is 102 Å². The van der Waals surface area contributed by atoms with Gasteiger partial charge in [-0.05, 0) is 18.2 Å². The lowest BCUT2D eigenvalue weighted by molar-refractivity contribution is -0.384. The highest BCUT2D eigenvalue weighted by Crippen LogP contribution is 2.22. The molecule has 0 unspecified atom stereocenters. The van der Waals surface area contributed by atoms with Crippen LogP contribution in [-0.4, -0.2) is 9.49 Å². The third kappa shape index (κ3) is 1.79. The van der Waals surface area contributed by atoms with Crippen molar-refractivity contribution in [3.8, 4) is 17.8 Å². The Balaban J connectivity index is 2.64. The van der Waals surface area contributed by atoms with Crippen molar-refractivity contribution >= 4 is 5.69 Å². The number of nitrogens with zero attached hydrogens (tertiary/aromatic N) is 4. The highest BCUT2D eigenvalue weighted by Gasteiger charge is 2.13. The molecule has 2 rings (SSSR count). The summed E-state index contributed by atoms with van der Waals surface area (Å²) in [7, 11) is 0. The molecule has 6 heteroatoms. The fourth-order valence-electron chi connectivity index (χ4n) is 1.62. The first-order valence-corrected chi connectivity index (χ1v) is 4.93. The van der Waals surface area contributed by atoms with E-state index in [1.807, 2.05) is 12.1 Å². The molecule has 6 nitrogen and oxygen atoms in total. The summed E-state index contributed by atoms with van der Waals surface area (Å²) in [5, 5.41) is 28.6. The topological polar surface area (TPSA) is 95.6 Å². The second kappa shape index (κ2) is 4.40. The SMILES string of the molecule is N#Cc1cc([N+](=O)[O-])ccc1-n1cccc1C#N. The average Bonchev–Trinajstić information content (AvgIpc) is 2.85. The molecule has 0 atom stereocenters. The van der Waals surface area contributed by atoms with Crippen LogP contribution in [0.15, 0.2) is 36.5 Å². The molecule has 2 aromatic rings. The van der Waals surface area contributed by atoms with Crippen LogP contribution < -0.4 is 0 Å². The highest BCUT2D eigenvalue weighted by molar-refractivity contribution is 5.56. The van der Waals surface area contributed by atoms with Gasteiger partial charge in [0.15, 0.2) is 0 Å². The first kappa shape index (κ1) is 11.4. The predicted molar refractivity (Wildman–Crippen MR) is 61.9 cm³/mol. The lowest BCUT2D eigenvalue weighted by Gasteiger charge is -2.06. The number of hydrogen-bond acceptors (Lipinski definition) is 4. The van der Waals surface area contributed by atoms with Crippen LogP contribution in [0.5, 0.6) is 0 Å². The van der Waals surface area contributed by atoms with Gasteiger partial charge >= 0.3 is 0 Å². The zero-order chi connectivity index (χ0) is 13.1. The van der Waals surface area contributed by atoms with Crippen LogP contribution in [-0.2, 0) is 0 Å². The molecule has 1 aromatic carbocycles. The molecule has 0 spiro atoms. The molecule has 18 heavy (non-hydrogen) atoms. The van der Waals surface area contributed by atoms with Gasteiger partial charge in [0.25, 0.3) is 5.69 Å². The normalized spacial score (nSPS) is 9.44. The van der Waals surface area contributed by atoms with E-state index in [-0.39, 0.29) is 11.3 Å². The maximum absolute atomic E-state index is 10.6. The van der Waals surface area contributed by atoms with Gasteiger partial charge in [-0.1, -0.05) is 0 Å². The largest absolute Gasteiger partial charge is 0.307 e. The minimum atomic E-state index is -0.564. The molecule has 0 amide bonds. The molecule has 0 radical (unpaired) electrons. The molecule has 0 saturated heterocycles. The first-order chi connectivity index (χ1) is 8.67. The Bertz CT molecular complexity index is 704. The molecule has 0 bridgehead atoms. The number of rotatable bonds is 2. The molecule has 0 aliphatic heterocycles.